The fourth-order valence-corrected chi connectivity index (χ4v) is 6.28. The van der Waals surface area contributed by atoms with E-state index in [0.29, 0.717) is 30.4 Å². The first-order valence-corrected chi connectivity index (χ1v) is 14.6. The largest absolute Gasteiger partial charge is 0.416 e. The van der Waals surface area contributed by atoms with Crippen LogP contribution in [0.25, 0.3) is 0 Å². The lowest BCUT2D eigenvalue weighted by Gasteiger charge is -2.29. The Morgan fingerprint density at radius 3 is 2.54 bits per heavy atom. The van der Waals surface area contributed by atoms with Gasteiger partial charge < -0.3 is 10.4 Å². The van der Waals surface area contributed by atoms with Gasteiger partial charge in [-0.15, -0.1) is 11.8 Å². The standard InChI is InChI=1S/C25H39F3N2O3S2/c1-5-6-8-20-13-21(25(26,27)28)15-23(14-20)35(32,33)30(4)17-22(31)16-29-24(2,3)11-7-9-19-10-12-34-18-19/h10,12-15,19,22,29,31H,5-9,11,16-18H2,1-4H3/t19?,22-/m1/s1. The number of thioether (sulfide) groups is 1. The molecule has 0 aliphatic carbocycles. The molecule has 1 aromatic rings. The zero-order chi connectivity index (χ0) is 26.3. The number of hydrogen-bond acceptors (Lipinski definition) is 5. The second kappa shape index (κ2) is 12.9. The van der Waals surface area contributed by atoms with Crippen LogP contribution in [0.1, 0.15) is 64.0 Å². The monoisotopic (exact) mass is 536 g/mol. The fourth-order valence-electron chi connectivity index (χ4n) is 4.01. The van der Waals surface area contributed by atoms with Gasteiger partial charge in [-0.05, 0) is 74.6 Å². The first kappa shape index (κ1) is 30.2. The maximum Gasteiger partial charge on any atom is 0.416 e. The first-order chi connectivity index (χ1) is 16.2. The van der Waals surface area contributed by atoms with Crippen molar-refractivity contribution in [1.29, 1.82) is 0 Å². The summed E-state index contributed by atoms with van der Waals surface area (Å²) < 4.78 is 67.2. The molecule has 35 heavy (non-hydrogen) atoms. The fraction of sp³-hybridized carbons (Fsp3) is 0.680. The molecular weight excluding hydrogens is 497 g/mol. The smallest absolute Gasteiger partial charge is 0.390 e. The van der Waals surface area contributed by atoms with Crippen molar-refractivity contribution in [2.45, 2.75) is 82.0 Å². The van der Waals surface area contributed by atoms with Crippen LogP contribution in [0, 0.1) is 5.92 Å². The number of alkyl halides is 3. The van der Waals surface area contributed by atoms with Crippen molar-refractivity contribution in [1.82, 2.24) is 9.62 Å². The number of nitrogens with one attached hydrogen (secondary N) is 1. The van der Waals surface area contributed by atoms with Gasteiger partial charge in [0.1, 0.15) is 0 Å². The Morgan fingerprint density at radius 1 is 1.23 bits per heavy atom. The third-order valence-corrected chi connectivity index (χ3v) is 9.01. The topological polar surface area (TPSA) is 69.6 Å². The molecule has 0 bridgehead atoms. The van der Waals surface area contributed by atoms with Gasteiger partial charge in [-0.1, -0.05) is 25.8 Å². The Balaban J connectivity index is 1.98. The Kier molecular flexibility index (Phi) is 11.2. The minimum atomic E-state index is -4.65. The van der Waals surface area contributed by atoms with Gasteiger partial charge in [0.15, 0.2) is 0 Å². The highest BCUT2D eigenvalue weighted by Gasteiger charge is 2.33. The van der Waals surface area contributed by atoms with Crippen molar-refractivity contribution in [3.63, 3.8) is 0 Å². The zero-order valence-corrected chi connectivity index (χ0v) is 22.7. The molecule has 1 aliphatic rings. The lowest BCUT2D eigenvalue weighted by molar-refractivity contribution is -0.137. The first-order valence-electron chi connectivity index (χ1n) is 12.1. The average molecular weight is 537 g/mol. The molecule has 0 fully saturated rings. The highest BCUT2D eigenvalue weighted by Crippen LogP contribution is 2.33. The summed E-state index contributed by atoms with van der Waals surface area (Å²) in [7, 11) is -2.92. The van der Waals surface area contributed by atoms with E-state index in [1.165, 1.54) is 13.1 Å². The molecule has 2 N–H and O–H groups in total. The quantitative estimate of drug-likeness (QED) is 0.331. The second-order valence-electron chi connectivity index (χ2n) is 9.99. The molecular formula is C25H39F3N2O3S2. The van der Waals surface area contributed by atoms with Gasteiger partial charge in [-0.25, -0.2) is 8.42 Å². The third-order valence-electron chi connectivity index (χ3n) is 6.24. The number of nitrogens with zero attached hydrogens (tertiary/aromatic N) is 1. The van der Waals surface area contributed by atoms with Crippen LogP contribution in [0.4, 0.5) is 13.2 Å². The van der Waals surface area contributed by atoms with E-state index in [2.05, 4.69) is 16.8 Å². The molecule has 0 saturated carbocycles. The highest BCUT2D eigenvalue weighted by molar-refractivity contribution is 8.02. The Bertz CT molecular complexity index is 950. The lowest BCUT2D eigenvalue weighted by atomic mass is 9.94. The van der Waals surface area contributed by atoms with Crippen molar-refractivity contribution in [2.24, 2.45) is 5.92 Å². The van der Waals surface area contributed by atoms with Crippen LogP contribution in [0.2, 0.25) is 0 Å². The Morgan fingerprint density at radius 2 is 1.94 bits per heavy atom. The highest BCUT2D eigenvalue weighted by atomic mass is 32.2. The van der Waals surface area contributed by atoms with Crippen LogP contribution in [-0.2, 0) is 22.6 Å². The van der Waals surface area contributed by atoms with Gasteiger partial charge >= 0.3 is 6.18 Å². The van der Waals surface area contributed by atoms with Crippen molar-refractivity contribution >= 4 is 21.8 Å². The number of hydrogen-bond donors (Lipinski definition) is 2. The zero-order valence-electron chi connectivity index (χ0n) is 21.1. The summed E-state index contributed by atoms with van der Waals surface area (Å²) >= 11 is 1.83. The van der Waals surface area contributed by atoms with Crippen LogP contribution < -0.4 is 5.32 Å². The van der Waals surface area contributed by atoms with Crippen molar-refractivity contribution < 1.29 is 26.7 Å². The van der Waals surface area contributed by atoms with Crippen LogP contribution in [0.15, 0.2) is 34.6 Å². The van der Waals surface area contributed by atoms with Gasteiger partial charge in [0.2, 0.25) is 10.0 Å². The summed E-state index contributed by atoms with van der Waals surface area (Å²) in [4.78, 5) is -0.402. The predicted octanol–water partition coefficient (Wildman–Crippen LogP) is 5.44. The van der Waals surface area contributed by atoms with E-state index >= 15 is 0 Å². The molecule has 1 aromatic carbocycles. The summed E-state index contributed by atoms with van der Waals surface area (Å²) in [6.45, 7) is 5.95. The Labute approximate surface area is 212 Å². The number of aliphatic hydroxyl groups excluding tert-OH is 1. The Hall–Kier alpha value is -1.07. The van der Waals surface area contributed by atoms with E-state index in [1.807, 2.05) is 32.5 Å². The lowest BCUT2D eigenvalue weighted by Crippen LogP contribution is -2.46. The van der Waals surface area contributed by atoms with Gasteiger partial charge in [0.25, 0.3) is 0 Å². The molecule has 0 saturated heterocycles. The van der Waals surface area contributed by atoms with Gasteiger partial charge in [-0.2, -0.15) is 17.5 Å². The number of sulfonamides is 1. The van der Waals surface area contributed by atoms with Crippen LogP contribution in [-0.4, -0.2) is 55.4 Å². The molecule has 1 heterocycles. The molecule has 200 valence electrons. The molecule has 0 aromatic heterocycles. The number of aryl methyl sites for hydroxylation is 1. The number of halogens is 3. The summed E-state index contributed by atoms with van der Waals surface area (Å²) in [6.07, 6.45) is 1.45. The van der Waals surface area contributed by atoms with Gasteiger partial charge in [0, 0.05) is 31.4 Å². The number of aliphatic hydroxyl groups is 1. The molecule has 5 nitrogen and oxygen atoms in total. The van der Waals surface area contributed by atoms with E-state index in [-0.39, 0.29) is 18.6 Å². The summed E-state index contributed by atoms with van der Waals surface area (Å²) in [5.74, 6) is 1.73. The number of benzene rings is 1. The average Bonchev–Trinajstić information content (AvgIpc) is 3.29. The molecule has 2 rings (SSSR count). The molecule has 1 aliphatic heterocycles. The second-order valence-corrected chi connectivity index (χ2v) is 13.0. The summed E-state index contributed by atoms with van der Waals surface area (Å²) in [6, 6.07) is 2.99. The number of likely N-dealkylation sites (N-methyl/N-ethyl adjacent to an activating group) is 1. The third kappa shape index (κ3) is 9.72. The number of allylic oxidation sites excluding steroid dienone is 1. The van der Waals surface area contributed by atoms with Crippen molar-refractivity contribution in [3.8, 4) is 0 Å². The minimum absolute atomic E-state index is 0.177. The molecule has 10 heteroatoms. The maximum absolute atomic E-state index is 13.4. The SMILES string of the molecule is CCCCc1cc(C(F)(F)F)cc(S(=O)(=O)N(C)C[C@H](O)CNC(C)(C)CCCC2C=CSC2)c1. The van der Waals surface area contributed by atoms with Crippen molar-refractivity contribution in [2.75, 3.05) is 25.9 Å². The van der Waals surface area contributed by atoms with Crippen LogP contribution >= 0.6 is 11.8 Å². The number of β-amino-alcohol motifs (C(OH)–C–C–N with tert-alkyl or cyclic N) is 1. The van der Waals surface area contributed by atoms with E-state index in [0.717, 1.165) is 41.8 Å². The minimum Gasteiger partial charge on any atom is -0.390 e. The van der Waals surface area contributed by atoms with Crippen LogP contribution in [0.5, 0.6) is 0 Å². The molecule has 0 radical (unpaired) electrons. The van der Waals surface area contributed by atoms with Crippen LogP contribution in [0.3, 0.4) is 0 Å². The van der Waals surface area contributed by atoms with Gasteiger partial charge in [-0.3, -0.25) is 0 Å². The predicted molar refractivity (Wildman–Crippen MR) is 137 cm³/mol. The maximum atomic E-state index is 13.4. The van der Waals surface area contributed by atoms with Gasteiger partial charge in [0.05, 0.1) is 16.6 Å². The molecule has 2 atom stereocenters. The number of rotatable bonds is 14. The van der Waals surface area contributed by atoms with E-state index in [4.69, 9.17) is 0 Å². The summed E-state index contributed by atoms with van der Waals surface area (Å²) in [5.41, 5.74) is -0.874. The molecule has 0 spiro atoms. The normalized spacial score (nSPS) is 17.9. The molecule has 1 unspecified atom stereocenters. The molecule has 0 amide bonds. The van der Waals surface area contributed by atoms with E-state index < -0.39 is 32.8 Å². The van der Waals surface area contributed by atoms with E-state index in [9.17, 15) is 26.7 Å². The van der Waals surface area contributed by atoms with Crippen molar-refractivity contribution in [3.05, 3.63) is 40.8 Å². The van der Waals surface area contributed by atoms with E-state index in [1.54, 1.807) is 0 Å². The number of unbranched alkanes of at least 4 members (excludes halogenated alkanes) is 1. The summed E-state index contributed by atoms with van der Waals surface area (Å²) in [5, 5.41) is 15.9.